The lowest BCUT2D eigenvalue weighted by Gasteiger charge is -2.21. The Kier molecular flexibility index (Phi) is 3.31. The second-order valence-electron chi connectivity index (χ2n) is 8.20. The van der Waals surface area contributed by atoms with Crippen LogP contribution in [-0.4, -0.2) is 14.7 Å². The van der Waals surface area contributed by atoms with Crippen molar-refractivity contribution in [2.75, 3.05) is 0 Å². The van der Waals surface area contributed by atoms with Crippen molar-refractivity contribution in [3.63, 3.8) is 0 Å². The first-order valence-corrected chi connectivity index (χ1v) is 9.47. The van der Waals surface area contributed by atoms with E-state index < -0.39 is 0 Å². The molecule has 2 aliphatic rings. The van der Waals surface area contributed by atoms with Gasteiger partial charge in [0.25, 0.3) is 0 Å². The monoisotopic (exact) mass is 335 g/mol. The predicted molar refractivity (Wildman–Crippen MR) is 98.3 cm³/mol. The largest absolute Gasteiger partial charge is 0.361 e. The van der Waals surface area contributed by atoms with Crippen molar-refractivity contribution in [2.45, 2.75) is 46.0 Å². The number of fused-ring (bicyclic) bond motifs is 3. The number of pyridine rings is 1. The summed E-state index contributed by atoms with van der Waals surface area (Å²) in [6.45, 7) is 3.97. The van der Waals surface area contributed by atoms with Crippen LogP contribution in [0.15, 0.2) is 23.0 Å². The summed E-state index contributed by atoms with van der Waals surface area (Å²) in [5.41, 5.74) is 5.67. The van der Waals surface area contributed by atoms with Crippen molar-refractivity contribution in [1.82, 2.24) is 14.7 Å². The zero-order valence-corrected chi connectivity index (χ0v) is 15.2. The first kappa shape index (κ1) is 15.2. The van der Waals surface area contributed by atoms with Gasteiger partial charge in [0.15, 0.2) is 0 Å². The molecule has 130 valence electrons. The van der Waals surface area contributed by atoms with Crippen LogP contribution in [0.4, 0.5) is 0 Å². The fourth-order valence-corrected chi connectivity index (χ4v) is 5.44. The molecule has 4 heteroatoms. The Morgan fingerprint density at radius 3 is 2.80 bits per heavy atom. The summed E-state index contributed by atoms with van der Waals surface area (Å²) in [6.07, 6.45) is 11.3. The van der Waals surface area contributed by atoms with Gasteiger partial charge in [0, 0.05) is 36.0 Å². The molecular weight excluding hydrogens is 310 g/mol. The van der Waals surface area contributed by atoms with Crippen LogP contribution in [0.5, 0.6) is 0 Å². The molecule has 3 aromatic rings. The molecule has 0 radical (unpaired) electrons. The molecule has 3 atom stereocenters. The molecule has 0 saturated heterocycles. The van der Waals surface area contributed by atoms with Crippen LogP contribution in [-0.2, 0) is 13.5 Å². The Morgan fingerprint density at radius 1 is 1.24 bits per heavy atom. The van der Waals surface area contributed by atoms with E-state index in [0.717, 1.165) is 46.0 Å². The van der Waals surface area contributed by atoms with E-state index in [1.165, 1.54) is 43.1 Å². The molecule has 0 aromatic carbocycles. The van der Waals surface area contributed by atoms with Gasteiger partial charge in [-0.05, 0) is 68.9 Å². The SMILES string of the molecule is Cc1noc(C)c1-c1cnc2c(c1)c(CC1CC3CCC1C3)cn2C. The maximum Gasteiger partial charge on any atom is 0.141 e. The van der Waals surface area contributed by atoms with Crippen LogP contribution < -0.4 is 0 Å². The molecule has 0 aliphatic heterocycles. The van der Waals surface area contributed by atoms with Gasteiger partial charge in [-0.3, -0.25) is 0 Å². The van der Waals surface area contributed by atoms with E-state index in [-0.39, 0.29) is 0 Å². The smallest absolute Gasteiger partial charge is 0.141 e. The number of hydrogen-bond donors (Lipinski definition) is 0. The third kappa shape index (κ3) is 2.34. The van der Waals surface area contributed by atoms with Gasteiger partial charge < -0.3 is 9.09 Å². The van der Waals surface area contributed by atoms with Crippen molar-refractivity contribution in [1.29, 1.82) is 0 Å². The predicted octanol–water partition coefficient (Wildman–Crippen LogP) is 4.82. The molecule has 2 bridgehead atoms. The van der Waals surface area contributed by atoms with Crippen molar-refractivity contribution < 1.29 is 4.52 Å². The van der Waals surface area contributed by atoms with Gasteiger partial charge in [-0.15, -0.1) is 0 Å². The molecule has 5 rings (SSSR count). The van der Waals surface area contributed by atoms with Crippen molar-refractivity contribution in [2.24, 2.45) is 24.8 Å². The lowest BCUT2D eigenvalue weighted by Crippen LogP contribution is -2.12. The third-order valence-electron chi connectivity index (χ3n) is 6.58. The quantitative estimate of drug-likeness (QED) is 0.689. The van der Waals surface area contributed by atoms with E-state index in [2.05, 4.69) is 29.0 Å². The van der Waals surface area contributed by atoms with Gasteiger partial charge >= 0.3 is 0 Å². The van der Waals surface area contributed by atoms with Crippen LogP contribution in [0.1, 0.15) is 42.7 Å². The average molecular weight is 335 g/mol. The molecule has 3 unspecified atom stereocenters. The van der Waals surface area contributed by atoms with Crippen molar-refractivity contribution in [3.05, 3.63) is 35.5 Å². The second-order valence-corrected chi connectivity index (χ2v) is 8.20. The number of aryl methyl sites for hydroxylation is 3. The third-order valence-corrected chi connectivity index (χ3v) is 6.58. The summed E-state index contributed by atoms with van der Waals surface area (Å²) >= 11 is 0. The highest BCUT2D eigenvalue weighted by molar-refractivity contribution is 5.86. The summed E-state index contributed by atoms with van der Waals surface area (Å²) in [7, 11) is 2.11. The van der Waals surface area contributed by atoms with Gasteiger partial charge in [0.1, 0.15) is 11.4 Å². The standard InChI is InChI=1S/C21H25N3O/c1-12-20(13(2)25-23-12)17-9-19-18(11-24(3)21(19)22-10-17)8-16-7-14-4-5-15(16)6-14/h9-11,14-16H,4-8H2,1-3H3. The molecule has 3 heterocycles. The molecule has 25 heavy (non-hydrogen) atoms. The van der Waals surface area contributed by atoms with Crippen LogP contribution in [0.2, 0.25) is 0 Å². The summed E-state index contributed by atoms with van der Waals surface area (Å²) in [6, 6.07) is 2.29. The van der Waals surface area contributed by atoms with Crippen LogP contribution in [0.3, 0.4) is 0 Å². The van der Waals surface area contributed by atoms with Gasteiger partial charge in [-0.2, -0.15) is 0 Å². The average Bonchev–Trinajstić information content (AvgIpc) is 3.34. The van der Waals surface area contributed by atoms with E-state index in [9.17, 15) is 0 Å². The Morgan fingerprint density at radius 2 is 2.12 bits per heavy atom. The number of aromatic nitrogens is 3. The first-order valence-electron chi connectivity index (χ1n) is 9.47. The number of rotatable bonds is 3. The molecule has 0 N–H and O–H groups in total. The Balaban J connectivity index is 1.56. The van der Waals surface area contributed by atoms with Gasteiger partial charge in [0.05, 0.1) is 5.69 Å². The van der Waals surface area contributed by atoms with Gasteiger partial charge in [-0.1, -0.05) is 11.6 Å². The highest BCUT2D eigenvalue weighted by Crippen LogP contribution is 2.49. The zero-order chi connectivity index (χ0) is 17.1. The molecule has 3 aromatic heterocycles. The van der Waals surface area contributed by atoms with Crippen LogP contribution in [0.25, 0.3) is 22.2 Å². The molecule has 0 spiro atoms. The van der Waals surface area contributed by atoms with E-state index >= 15 is 0 Å². The molecule has 2 saturated carbocycles. The molecule has 2 aliphatic carbocycles. The second kappa shape index (κ2) is 5.45. The molecule has 2 fully saturated rings. The van der Waals surface area contributed by atoms with Crippen LogP contribution >= 0.6 is 0 Å². The van der Waals surface area contributed by atoms with Crippen LogP contribution in [0, 0.1) is 31.6 Å². The highest BCUT2D eigenvalue weighted by atomic mass is 16.5. The molecular formula is C21H25N3O. The fraction of sp³-hybridized carbons (Fsp3) is 0.524. The zero-order valence-electron chi connectivity index (χ0n) is 15.2. The van der Waals surface area contributed by atoms with Crippen molar-refractivity contribution >= 4 is 11.0 Å². The van der Waals surface area contributed by atoms with Gasteiger partial charge in [0.2, 0.25) is 0 Å². The minimum absolute atomic E-state index is 0.865. The van der Waals surface area contributed by atoms with E-state index in [1.54, 1.807) is 0 Å². The van der Waals surface area contributed by atoms with E-state index in [0.29, 0.717) is 0 Å². The van der Waals surface area contributed by atoms with E-state index in [1.807, 2.05) is 20.0 Å². The lowest BCUT2D eigenvalue weighted by atomic mass is 9.84. The Hall–Kier alpha value is -2.10. The Bertz CT molecular complexity index is 932. The summed E-state index contributed by atoms with van der Waals surface area (Å²) in [4.78, 5) is 4.76. The summed E-state index contributed by atoms with van der Waals surface area (Å²) < 4.78 is 7.53. The minimum atomic E-state index is 0.865. The maximum absolute atomic E-state index is 5.36. The summed E-state index contributed by atoms with van der Waals surface area (Å²) in [5, 5.41) is 5.40. The normalized spacial score (nSPS) is 25.3. The van der Waals surface area contributed by atoms with Crippen molar-refractivity contribution in [3.8, 4) is 11.1 Å². The lowest BCUT2D eigenvalue weighted by molar-refractivity contribution is 0.332. The number of hydrogen-bond acceptors (Lipinski definition) is 3. The number of nitrogens with zero attached hydrogens (tertiary/aromatic N) is 3. The summed E-state index contributed by atoms with van der Waals surface area (Å²) in [5.74, 6) is 3.69. The molecule has 4 nitrogen and oxygen atoms in total. The maximum atomic E-state index is 5.36. The van der Waals surface area contributed by atoms with Gasteiger partial charge in [-0.25, -0.2) is 4.98 Å². The van der Waals surface area contributed by atoms with E-state index in [4.69, 9.17) is 9.51 Å². The topological polar surface area (TPSA) is 43.9 Å². The fourth-order valence-electron chi connectivity index (χ4n) is 5.44. The first-order chi connectivity index (χ1) is 12.1. The minimum Gasteiger partial charge on any atom is -0.361 e. The Labute approximate surface area is 148 Å². The molecule has 0 amide bonds. The highest BCUT2D eigenvalue weighted by Gasteiger charge is 2.39.